The summed E-state index contributed by atoms with van der Waals surface area (Å²) >= 11 is 7.66. The first-order valence-electron chi connectivity index (χ1n) is 4.59. The quantitative estimate of drug-likeness (QED) is 0.830. The Labute approximate surface area is 92.5 Å². The van der Waals surface area contributed by atoms with E-state index in [-0.39, 0.29) is 0 Å². The summed E-state index contributed by atoms with van der Waals surface area (Å²) in [7, 11) is 0. The lowest BCUT2D eigenvalue weighted by molar-refractivity contribution is 0.783. The molecule has 14 heavy (non-hydrogen) atoms. The Bertz CT molecular complexity index is 449. The average Bonchev–Trinajstić information content (AvgIpc) is 2.59. The number of nitrogens with two attached hydrogens (primary N) is 1. The minimum absolute atomic E-state index is 0.421. The van der Waals surface area contributed by atoms with Gasteiger partial charge in [0, 0.05) is 9.72 Å². The van der Waals surface area contributed by atoms with E-state index in [1.54, 1.807) is 11.3 Å². The minimum Gasteiger partial charge on any atom is -0.330 e. The highest BCUT2D eigenvalue weighted by molar-refractivity contribution is 7.17. The van der Waals surface area contributed by atoms with E-state index in [2.05, 4.69) is 18.4 Å². The topological polar surface area (TPSA) is 26.0 Å². The molecule has 1 heterocycles. The third-order valence-electron chi connectivity index (χ3n) is 2.45. The van der Waals surface area contributed by atoms with Gasteiger partial charge in [-0.3, -0.25) is 0 Å². The van der Waals surface area contributed by atoms with Gasteiger partial charge < -0.3 is 5.73 Å². The highest BCUT2D eigenvalue weighted by Crippen LogP contribution is 2.32. The Morgan fingerprint density at radius 3 is 3.00 bits per heavy atom. The SMILES string of the molecule is CC(CN)c1csc2cc(Cl)ccc12. The van der Waals surface area contributed by atoms with Gasteiger partial charge >= 0.3 is 0 Å². The van der Waals surface area contributed by atoms with Crippen molar-refractivity contribution in [3.63, 3.8) is 0 Å². The fraction of sp³-hybridized carbons (Fsp3) is 0.273. The van der Waals surface area contributed by atoms with E-state index in [1.165, 1.54) is 15.6 Å². The fourth-order valence-corrected chi connectivity index (χ4v) is 2.89. The molecule has 0 bridgehead atoms. The molecule has 1 nitrogen and oxygen atoms in total. The molecule has 0 aliphatic rings. The van der Waals surface area contributed by atoms with Crippen LogP contribution in [0.5, 0.6) is 0 Å². The van der Waals surface area contributed by atoms with Crippen LogP contribution in [0.1, 0.15) is 18.4 Å². The van der Waals surface area contributed by atoms with E-state index in [0.29, 0.717) is 12.5 Å². The summed E-state index contributed by atoms with van der Waals surface area (Å²) in [5.41, 5.74) is 7.00. The van der Waals surface area contributed by atoms with Crippen molar-refractivity contribution in [2.45, 2.75) is 12.8 Å². The molecule has 0 aliphatic heterocycles. The van der Waals surface area contributed by atoms with Crippen molar-refractivity contribution < 1.29 is 0 Å². The molecular weight excluding hydrogens is 214 g/mol. The maximum absolute atomic E-state index is 5.92. The molecule has 2 rings (SSSR count). The summed E-state index contributed by atoms with van der Waals surface area (Å²) in [6, 6.07) is 6.02. The highest BCUT2D eigenvalue weighted by atomic mass is 35.5. The van der Waals surface area contributed by atoms with Crippen LogP contribution in [0.25, 0.3) is 10.1 Å². The first-order chi connectivity index (χ1) is 6.72. The molecule has 1 unspecified atom stereocenters. The lowest BCUT2D eigenvalue weighted by Crippen LogP contribution is -2.08. The van der Waals surface area contributed by atoms with E-state index in [1.807, 2.05) is 12.1 Å². The minimum atomic E-state index is 0.421. The summed E-state index contributed by atoms with van der Waals surface area (Å²) in [6.45, 7) is 2.84. The van der Waals surface area contributed by atoms with E-state index >= 15 is 0 Å². The average molecular weight is 226 g/mol. The number of hydrogen-bond donors (Lipinski definition) is 1. The molecule has 1 aromatic carbocycles. The van der Waals surface area contributed by atoms with E-state index < -0.39 is 0 Å². The van der Waals surface area contributed by atoms with Crippen LogP contribution in [0.3, 0.4) is 0 Å². The van der Waals surface area contributed by atoms with Gasteiger partial charge in [0.15, 0.2) is 0 Å². The molecule has 1 atom stereocenters. The van der Waals surface area contributed by atoms with Crippen molar-refractivity contribution >= 4 is 33.0 Å². The molecule has 0 spiro atoms. The molecule has 2 aromatic rings. The van der Waals surface area contributed by atoms with Gasteiger partial charge in [-0.2, -0.15) is 0 Å². The number of benzene rings is 1. The van der Waals surface area contributed by atoms with Gasteiger partial charge in [-0.1, -0.05) is 24.6 Å². The van der Waals surface area contributed by atoms with Crippen molar-refractivity contribution in [2.24, 2.45) is 5.73 Å². The molecule has 0 aliphatic carbocycles. The third kappa shape index (κ3) is 1.65. The molecule has 1 aromatic heterocycles. The second kappa shape index (κ2) is 3.89. The Morgan fingerprint density at radius 2 is 2.29 bits per heavy atom. The van der Waals surface area contributed by atoms with Crippen LogP contribution in [0.4, 0.5) is 0 Å². The number of rotatable bonds is 2. The molecule has 0 saturated heterocycles. The number of thiophene rings is 1. The van der Waals surface area contributed by atoms with Crippen molar-refractivity contribution in [1.29, 1.82) is 0 Å². The van der Waals surface area contributed by atoms with Crippen LogP contribution >= 0.6 is 22.9 Å². The zero-order chi connectivity index (χ0) is 10.1. The summed E-state index contributed by atoms with van der Waals surface area (Å²) in [4.78, 5) is 0. The first-order valence-corrected chi connectivity index (χ1v) is 5.85. The molecule has 74 valence electrons. The Hall–Kier alpha value is -0.570. The molecule has 0 fully saturated rings. The number of fused-ring (bicyclic) bond motifs is 1. The van der Waals surface area contributed by atoms with Gasteiger partial charge in [-0.15, -0.1) is 11.3 Å². The van der Waals surface area contributed by atoms with Gasteiger partial charge in [0.25, 0.3) is 0 Å². The Kier molecular flexibility index (Phi) is 2.77. The molecular formula is C11H12ClNS. The highest BCUT2D eigenvalue weighted by Gasteiger charge is 2.09. The van der Waals surface area contributed by atoms with E-state index in [4.69, 9.17) is 17.3 Å². The first kappa shape index (κ1) is 9.97. The predicted octanol–water partition coefficient (Wildman–Crippen LogP) is 3.62. The standard InChI is InChI=1S/C11H12ClNS/c1-7(5-13)10-6-14-11-4-8(12)2-3-9(10)11/h2-4,6-7H,5,13H2,1H3. The molecule has 2 N–H and O–H groups in total. The van der Waals surface area contributed by atoms with Crippen molar-refractivity contribution in [1.82, 2.24) is 0 Å². The normalized spacial score (nSPS) is 13.4. The third-order valence-corrected chi connectivity index (χ3v) is 3.65. The Morgan fingerprint density at radius 1 is 1.50 bits per heavy atom. The monoisotopic (exact) mass is 225 g/mol. The second-order valence-corrected chi connectivity index (χ2v) is 4.82. The van der Waals surface area contributed by atoms with Gasteiger partial charge in [0.2, 0.25) is 0 Å². The van der Waals surface area contributed by atoms with E-state index in [9.17, 15) is 0 Å². The van der Waals surface area contributed by atoms with Gasteiger partial charge in [0.05, 0.1) is 0 Å². The van der Waals surface area contributed by atoms with Crippen LogP contribution in [0.2, 0.25) is 5.02 Å². The smallest absolute Gasteiger partial charge is 0.0420 e. The zero-order valence-corrected chi connectivity index (χ0v) is 9.53. The molecule has 0 saturated carbocycles. The second-order valence-electron chi connectivity index (χ2n) is 3.47. The molecule has 3 heteroatoms. The lowest BCUT2D eigenvalue weighted by Gasteiger charge is -2.06. The molecule has 0 radical (unpaired) electrons. The van der Waals surface area contributed by atoms with Crippen LogP contribution in [-0.4, -0.2) is 6.54 Å². The maximum Gasteiger partial charge on any atom is 0.0420 e. The van der Waals surface area contributed by atoms with Gasteiger partial charge in [-0.05, 0) is 40.9 Å². The van der Waals surface area contributed by atoms with Crippen molar-refractivity contribution in [3.05, 3.63) is 34.2 Å². The number of halogens is 1. The summed E-state index contributed by atoms with van der Waals surface area (Å²) < 4.78 is 1.24. The largest absolute Gasteiger partial charge is 0.330 e. The van der Waals surface area contributed by atoms with Gasteiger partial charge in [-0.25, -0.2) is 0 Å². The summed E-state index contributed by atoms with van der Waals surface area (Å²) in [6.07, 6.45) is 0. The summed E-state index contributed by atoms with van der Waals surface area (Å²) in [5.74, 6) is 0.421. The lowest BCUT2D eigenvalue weighted by atomic mass is 10.0. The van der Waals surface area contributed by atoms with Crippen LogP contribution in [0, 0.1) is 0 Å². The van der Waals surface area contributed by atoms with Gasteiger partial charge in [0.1, 0.15) is 0 Å². The molecule has 0 amide bonds. The number of hydrogen-bond acceptors (Lipinski definition) is 2. The zero-order valence-electron chi connectivity index (χ0n) is 7.96. The van der Waals surface area contributed by atoms with Crippen LogP contribution < -0.4 is 5.73 Å². The van der Waals surface area contributed by atoms with Crippen molar-refractivity contribution in [2.75, 3.05) is 6.54 Å². The summed E-state index contributed by atoms with van der Waals surface area (Å²) in [5, 5.41) is 4.27. The van der Waals surface area contributed by atoms with Crippen LogP contribution in [0.15, 0.2) is 23.6 Å². The van der Waals surface area contributed by atoms with Crippen molar-refractivity contribution in [3.8, 4) is 0 Å². The predicted molar refractivity (Wildman–Crippen MR) is 64.3 cm³/mol. The Balaban J connectivity index is 2.58. The van der Waals surface area contributed by atoms with E-state index in [0.717, 1.165) is 5.02 Å². The maximum atomic E-state index is 5.92. The van der Waals surface area contributed by atoms with Crippen LogP contribution in [-0.2, 0) is 0 Å². The fourth-order valence-electron chi connectivity index (χ4n) is 1.53.